The largest absolute Gasteiger partial charge is 0.497 e. The van der Waals surface area contributed by atoms with E-state index in [0.29, 0.717) is 23.6 Å². The molecular formula is C23H21N5O4S. The lowest BCUT2D eigenvalue weighted by molar-refractivity contribution is -0.122. The maximum atomic E-state index is 13.0. The molecule has 10 heteroatoms. The van der Waals surface area contributed by atoms with Gasteiger partial charge in [-0.25, -0.2) is 9.16 Å². The number of imide groups is 1. The predicted octanol–water partition coefficient (Wildman–Crippen LogP) is 1.36. The second-order valence-electron chi connectivity index (χ2n) is 7.86. The smallest absolute Gasteiger partial charge is 0.323 e. The summed E-state index contributed by atoms with van der Waals surface area (Å²) >= 11 is 0. The number of ether oxygens (including phenoxy) is 1. The van der Waals surface area contributed by atoms with Crippen LogP contribution >= 0.6 is 0 Å². The number of urea groups is 1. The summed E-state index contributed by atoms with van der Waals surface area (Å²) < 4.78 is 13.0. The molecule has 3 aliphatic heterocycles. The molecule has 0 radical (unpaired) electrons. The van der Waals surface area contributed by atoms with E-state index in [1.807, 2.05) is 31.3 Å². The van der Waals surface area contributed by atoms with Gasteiger partial charge in [0, 0.05) is 29.0 Å². The Bertz CT molecular complexity index is 1310. The molecule has 33 heavy (non-hydrogen) atoms. The summed E-state index contributed by atoms with van der Waals surface area (Å²) in [6.07, 6.45) is 0. The summed E-state index contributed by atoms with van der Waals surface area (Å²) in [7, 11) is 3.09. The molecule has 3 N–H and O–H groups in total. The molecule has 0 aliphatic carbocycles. The molecule has 168 valence electrons. The highest BCUT2D eigenvalue weighted by atomic mass is 32.2. The van der Waals surface area contributed by atoms with Gasteiger partial charge in [0.25, 0.3) is 11.8 Å². The van der Waals surface area contributed by atoms with Crippen molar-refractivity contribution in [2.45, 2.75) is 17.8 Å². The summed E-state index contributed by atoms with van der Waals surface area (Å²) in [4.78, 5) is 39.5. The SMILES string of the molecule is CNS1=Nc2cccc(C#C[C@]3(CN4Cc5ccc(OC)cc5C4=O)NC(=O)NC3=O)c2C1. The molecule has 2 aromatic carbocycles. The maximum Gasteiger partial charge on any atom is 0.323 e. The lowest BCUT2D eigenvalue weighted by Gasteiger charge is -2.26. The Hall–Kier alpha value is -3.68. The number of nitrogens with one attached hydrogen (secondary N) is 3. The number of benzene rings is 2. The van der Waals surface area contributed by atoms with Gasteiger partial charge in [-0.1, -0.05) is 24.0 Å². The number of hydrogen-bond acceptors (Lipinski definition) is 6. The van der Waals surface area contributed by atoms with Gasteiger partial charge >= 0.3 is 6.03 Å². The third-order valence-electron chi connectivity index (χ3n) is 5.85. The fourth-order valence-corrected chi connectivity index (χ4v) is 5.41. The van der Waals surface area contributed by atoms with Crippen LogP contribution in [0, 0.1) is 11.8 Å². The Morgan fingerprint density at radius 1 is 1.27 bits per heavy atom. The van der Waals surface area contributed by atoms with Crippen LogP contribution in [0.3, 0.4) is 0 Å². The van der Waals surface area contributed by atoms with Gasteiger partial charge in [-0.3, -0.25) is 19.6 Å². The first-order chi connectivity index (χ1) is 15.9. The van der Waals surface area contributed by atoms with Crippen LogP contribution in [0.4, 0.5) is 10.5 Å². The van der Waals surface area contributed by atoms with Crippen molar-refractivity contribution in [2.75, 3.05) is 20.7 Å². The van der Waals surface area contributed by atoms with Crippen LogP contribution in [0.5, 0.6) is 5.75 Å². The van der Waals surface area contributed by atoms with Crippen molar-refractivity contribution < 1.29 is 19.1 Å². The number of carbonyl (C=O) groups excluding carboxylic acids is 3. The molecule has 3 heterocycles. The van der Waals surface area contributed by atoms with Crippen molar-refractivity contribution >= 4 is 34.4 Å². The number of fused-ring (bicyclic) bond motifs is 2. The van der Waals surface area contributed by atoms with Crippen LogP contribution in [-0.2, 0) is 28.0 Å². The van der Waals surface area contributed by atoms with Crippen LogP contribution in [0.1, 0.15) is 27.0 Å². The van der Waals surface area contributed by atoms with Crippen molar-refractivity contribution in [3.05, 3.63) is 58.7 Å². The van der Waals surface area contributed by atoms with E-state index < -0.39 is 17.5 Å². The highest BCUT2D eigenvalue weighted by Gasteiger charge is 2.48. The molecular weight excluding hydrogens is 442 g/mol. The molecule has 0 aromatic heterocycles. The average Bonchev–Trinajstić information content (AvgIpc) is 3.46. The third kappa shape index (κ3) is 3.65. The number of carbonyl (C=O) groups is 3. The molecule has 1 saturated heterocycles. The minimum absolute atomic E-state index is 0.0757. The van der Waals surface area contributed by atoms with E-state index in [4.69, 9.17) is 4.74 Å². The van der Waals surface area contributed by atoms with Gasteiger partial charge in [0.05, 0.1) is 19.3 Å². The van der Waals surface area contributed by atoms with Gasteiger partial charge in [0.1, 0.15) is 5.75 Å². The lowest BCUT2D eigenvalue weighted by atomic mass is 9.98. The molecule has 0 saturated carbocycles. The van der Waals surface area contributed by atoms with Crippen molar-refractivity contribution in [1.82, 2.24) is 20.3 Å². The summed E-state index contributed by atoms with van der Waals surface area (Å²) in [5, 5.41) is 4.91. The van der Waals surface area contributed by atoms with Gasteiger partial charge in [0.15, 0.2) is 0 Å². The highest BCUT2D eigenvalue weighted by Crippen LogP contribution is 2.31. The van der Waals surface area contributed by atoms with Gasteiger partial charge in [-0.2, -0.15) is 0 Å². The standard InChI is InChI=1S/C23H21N5O4S/c1-24-33-12-18-14(4-3-5-19(18)27-33)8-9-23(21(30)25-22(31)26-23)13-28-11-15-6-7-16(32-2)10-17(15)20(28)29/h3-7,10H,11-13H2,1-2H3,(H,24,27)(H2,25,26,30,31)/t23-,33?/m1/s1. The highest BCUT2D eigenvalue weighted by molar-refractivity contribution is 7.84. The van der Waals surface area contributed by atoms with Crippen LogP contribution < -0.4 is 20.1 Å². The summed E-state index contributed by atoms with van der Waals surface area (Å²) in [5.74, 6) is 6.54. The maximum absolute atomic E-state index is 13.0. The van der Waals surface area contributed by atoms with Crippen molar-refractivity contribution in [3.63, 3.8) is 0 Å². The molecule has 3 aliphatic rings. The molecule has 9 nitrogen and oxygen atoms in total. The normalized spacial score (nSPS) is 22.7. The molecule has 4 amide bonds. The quantitative estimate of drug-likeness (QED) is 0.468. The number of amides is 4. The number of rotatable bonds is 4. The van der Waals surface area contributed by atoms with Gasteiger partial charge in [-0.05, 0) is 47.8 Å². The van der Waals surface area contributed by atoms with E-state index in [1.54, 1.807) is 12.1 Å². The van der Waals surface area contributed by atoms with Gasteiger partial charge < -0.3 is 15.0 Å². The van der Waals surface area contributed by atoms with E-state index in [1.165, 1.54) is 12.0 Å². The first-order valence-electron chi connectivity index (χ1n) is 10.3. The molecule has 1 unspecified atom stereocenters. The molecule has 2 aromatic rings. The van der Waals surface area contributed by atoms with Crippen LogP contribution in [0.25, 0.3) is 0 Å². The zero-order chi connectivity index (χ0) is 23.2. The molecule has 0 bridgehead atoms. The molecule has 1 fully saturated rings. The van der Waals surface area contributed by atoms with Crippen LogP contribution in [0.2, 0.25) is 0 Å². The van der Waals surface area contributed by atoms with E-state index in [9.17, 15) is 14.4 Å². The second kappa shape index (κ2) is 8.03. The minimum Gasteiger partial charge on any atom is -0.497 e. The lowest BCUT2D eigenvalue weighted by Crippen LogP contribution is -2.54. The fraction of sp³-hybridized carbons (Fsp3) is 0.261. The fourth-order valence-electron chi connectivity index (χ4n) is 4.12. The third-order valence-corrected chi connectivity index (χ3v) is 7.30. The van der Waals surface area contributed by atoms with E-state index in [2.05, 4.69) is 31.6 Å². The number of nitrogens with zero attached hydrogens (tertiary/aromatic N) is 2. The van der Waals surface area contributed by atoms with E-state index >= 15 is 0 Å². The predicted molar refractivity (Wildman–Crippen MR) is 123 cm³/mol. The Balaban J connectivity index is 1.47. The molecule has 5 rings (SSSR count). The summed E-state index contributed by atoms with van der Waals surface area (Å²) in [6.45, 7) is 0.239. The molecule has 0 spiro atoms. The zero-order valence-electron chi connectivity index (χ0n) is 18.0. The summed E-state index contributed by atoms with van der Waals surface area (Å²) in [5.41, 5.74) is 2.41. The van der Waals surface area contributed by atoms with Crippen molar-refractivity contribution in [2.24, 2.45) is 4.36 Å². The van der Waals surface area contributed by atoms with E-state index in [0.717, 1.165) is 22.4 Å². The Kier molecular flexibility index (Phi) is 5.15. The van der Waals surface area contributed by atoms with E-state index in [-0.39, 0.29) is 23.3 Å². The second-order valence-corrected chi connectivity index (χ2v) is 9.46. The van der Waals surface area contributed by atoms with Crippen molar-refractivity contribution in [1.29, 1.82) is 0 Å². The average molecular weight is 464 g/mol. The monoisotopic (exact) mass is 463 g/mol. The van der Waals surface area contributed by atoms with Crippen LogP contribution in [-0.4, -0.2) is 49.0 Å². The Morgan fingerprint density at radius 3 is 2.85 bits per heavy atom. The number of hydrogen-bond donors (Lipinski definition) is 3. The summed E-state index contributed by atoms with van der Waals surface area (Å²) in [6, 6.07) is 10.3. The Morgan fingerprint density at radius 2 is 2.12 bits per heavy atom. The first kappa shape index (κ1) is 21.2. The first-order valence-corrected chi connectivity index (χ1v) is 11.6. The van der Waals surface area contributed by atoms with Gasteiger partial charge in [-0.15, -0.1) is 0 Å². The van der Waals surface area contributed by atoms with Crippen LogP contribution in [0.15, 0.2) is 40.8 Å². The number of methoxy groups -OCH3 is 1. The molecule has 2 atom stereocenters. The van der Waals surface area contributed by atoms with Crippen molar-refractivity contribution in [3.8, 4) is 17.6 Å². The Labute approximate surface area is 193 Å². The zero-order valence-corrected chi connectivity index (χ0v) is 18.8. The minimum atomic E-state index is -1.55. The topological polar surface area (TPSA) is 112 Å². The van der Waals surface area contributed by atoms with Gasteiger partial charge in [0.2, 0.25) is 5.54 Å².